The number of H-pyrrole nitrogens is 1. The number of rotatable bonds is 27. The van der Waals surface area contributed by atoms with Crippen molar-refractivity contribution in [3.8, 4) is 68.3 Å². The molecule has 0 aliphatic carbocycles. The molecule has 0 saturated carbocycles. The SMILES string of the molecule is C.CC(C)n1cnc(-c2ccc(F)cc2)c1-c1nc(C(=O)Nc2ccc(N3CCN(C)CC3)cc2)cn1COCC[Si](C)(C)C.CC(C)n1cnc(-c2ccc(F)cc2)c1-c1nc(C(=O)O)cn1COCC[Si](C)(C)C.CC(C)n1cnc(-c2ccc(F)cc2)c1-c1ncc(C(=O)Nc2ccc(N3CCN(C)CC3)cc2)[nH]1.CN1CCN(c2ccc(N)cc2)CC1.[H-].[K+]. The molecular formula is C94H125F3KN21O6Si2. The Balaban J connectivity index is 0.000000201. The molecule has 3 aliphatic heterocycles. The smallest absolute Gasteiger partial charge is 1.00 e. The van der Waals surface area contributed by atoms with Crippen LogP contribution in [0.5, 0.6) is 0 Å². The van der Waals surface area contributed by atoms with Gasteiger partial charge < -0.3 is 89.6 Å². The van der Waals surface area contributed by atoms with Crippen molar-refractivity contribution in [2.45, 2.75) is 132 Å². The van der Waals surface area contributed by atoms with Crippen LogP contribution in [-0.2, 0) is 22.9 Å². The number of nitrogens with two attached hydrogens (primary N) is 1. The number of likely N-dealkylation sites (N-methyl/N-ethyl adjacent to an activating group) is 3. The zero-order valence-electron chi connectivity index (χ0n) is 76.6. The fraction of sp³-hybridized carbons (Fsp3) is 0.394. The van der Waals surface area contributed by atoms with E-state index in [0.717, 1.165) is 136 Å². The number of carbonyl (C=O) groups excluding carboxylic acids is 2. The molecule has 0 unspecified atom stereocenters. The number of ether oxygens (including phenoxy) is 2. The second kappa shape index (κ2) is 45.2. The van der Waals surface area contributed by atoms with Crippen LogP contribution in [0.25, 0.3) is 68.3 Å². The van der Waals surface area contributed by atoms with Gasteiger partial charge in [0.05, 0.1) is 42.3 Å². The molecule has 3 fully saturated rings. The Morgan fingerprint density at radius 2 is 0.787 bits per heavy atom. The van der Waals surface area contributed by atoms with Crippen LogP contribution < -0.4 is 82.5 Å². The Labute approximate surface area is 790 Å². The zero-order valence-corrected chi connectivity index (χ0v) is 80.7. The molecule has 0 atom stereocenters. The summed E-state index contributed by atoms with van der Waals surface area (Å²) in [6.45, 7) is 40.3. The van der Waals surface area contributed by atoms with E-state index >= 15 is 0 Å². The van der Waals surface area contributed by atoms with Gasteiger partial charge in [0.2, 0.25) is 0 Å². The molecule has 672 valence electrons. The number of carboxylic acids is 1. The Morgan fingerprint density at radius 3 is 1.13 bits per heavy atom. The molecule has 0 spiro atoms. The Hall–Kier alpha value is -10.1. The average molecular weight is 1800 g/mol. The molecule has 0 bridgehead atoms. The number of benzene rings is 6. The number of aromatic nitrogens is 12. The van der Waals surface area contributed by atoms with Crippen molar-refractivity contribution < 1.29 is 94.9 Å². The van der Waals surface area contributed by atoms with Crippen LogP contribution in [0.2, 0.25) is 51.4 Å². The summed E-state index contributed by atoms with van der Waals surface area (Å²) in [7, 11) is 3.92. The van der Waals surface area contributed by atoms with Crippen molar-refractivity contribution in [1.82, 2.24) is 72.4 Å². The van der Waals surface area contributed by atoms with Gasteiger partial charge in [-0.2, -0.15) is 0 Å². The number of anilines is 6. The van der Waals surface area contributed by atoms with E-state index in [1.807, 2.05) is 107 Å². The number of nitrogen functional groups attached to an aromatic ring is 1. The fourth-order valence-corrected chi connectivity index (χ4v) is 15.9. The van der Waals surface area contributed by atoms with Crippen LogP contribution in [0.1, 0.15) is 100.0 Å². The topological polar surface area (TPSA) is 277 Å². The summed E-state index contributed by atoms with van der Waals surface area (Å²) in [5.74, 6) is -1.10. The number of piperazine rings is 3. The predicted octanol–water partition coefficient (Wildman–Crippen LogP) is 15.0. The zero-order chi connectivity index (χ0) is 89.4. The van der Waals surface area contributed by atoms with E-state index in [1.165, 1.54) is 54.5 Å². The van der Waals surface area contributed by atoms with Gasteiger partial charge in [0.15, 0.2) is 23.2 Å². The molecule has 127 heavy (non-hydrogen) atoms. The number of imidazole rings is 6. The molecule has 27 nitrogen and oxygen atoms in total. The van der Waals surface area contributed by atoms with Crippen LogP contribution in [0.3, 0.4) is 0 Å². The second-order valence-corrected chi connectivity index (χ2v) is 46.5. The summed E-state index contributed by atoms with van der Waals surface area (Å²) in [6, 6.07) is 44.8. The van der Waals surface area contributed by atoms with Gasteiger partial charge in [-0.3, -0.25) is 9.59 Å². The number of hydrogen-bond donors (Lipinski definition) is 5. The second-order valence-electron chi connectivity index (χ2n) is 35.3. The molecule has 6 aromatic carbocycles. The average Bonchev–Trinajstić information content (AvgIpc) is 1.59. The molecule has 9 heterocycles. The van der Waals surface area contributed by atoms with E-state index in [2.05, 4.69) is 151 Å². The minimum absolute atomic E-state index is 0. The van der Waals surface area contributed by atoms with Gasteiger partial charge in [0.25, 0.3) is 11.8 Å². The third-order valence-electron chi connectivity index (χ3n) is 22.1. The molecule has 15 rings (SSSR count). The van der Waals surface area contributed by atoms with E-state index < -0.39 is 22.1 Å². The van der Waals surface area contributed by atoms with Crippen LogP contribution in [0.15, 0.2) is 183 Å². The van der Waals surface area contributed by atoms with Gasteiger partial charge in [-0.05, 0) is 220 Å². The summed E-state index contributed by atoms with van der Waals surface area (Å²) < 4.78 is 62.2. The quantitative estimate of drug-likeness (QED) is 0.0182. The molecule has 12 aromatic rings. The molecule has 2 amide bonds. The third kappa shape index (κ3) is 27.0. The van der Waals surface area contributed by atoms with Gasteiger partial charge in [-0.15, -0.1) is 0 Å². The number of carbonyl (C=O) groups is 3. The first-order valence-corrected chi connectivity index (χ1v) is 50.2. The number of aromatic carboxylic acids is 1. The summed E-state index contributed by atoms with van der Waals surface area (Å²) in [4.78, 5) is 82.9. The van der Waals surface area contributed by atoms with Gasteiger partial charge in [0.1, 0.15) is 59.4 Å². The van der Waals surface area contributed by atoms with Crippen molar-refractivity contribution in [2.75, 3.05) is 144 Å². The molecular weight excluding hydrogens is 1670 g/mol. The maximum atomic E-state index is 13.8. The normalized spacial score (nSPS) is 14.0. The monoisotopic (exact) mass is 1800 g/mol. The van der Waals surface area contributed by atoms with Crippen LogP contribution >= 0.6 is 0 Å². The standard InChI is InChI=1S/C33H44FN7O2Si.C27H30FN7O.C22H29FN4O3Si.C11H17N3.CH4.K.H/c1-24(2)41-22-35-30(25-7-9-26(34)10-8-25)31(41)32-37-29(21-40(32)23-43-19-20-44(4,5)6)33(42)36-27-11-13-28(14-12-27)39-17-15-38(3)16-18-39;1-18(2)35-17-30-24(19-4-6-20(28)7-5-19)25(35)26-29-16-23(32-26)27(36)31-21-8-10-22(11-9-21)34-14-12-33(3)13-15-34;1-15(2)27-13-24-19(16-6-8-17(23)9-7-16)20(27)21-25-18(22(28)29)12-26(21)14-30-10-11-31(3,4)5;1-13-6-8-14(9-7-13)11-4-2-10(12)3-5-11;;;/h7-14,21-22,24H,15-20,23H2,1-6H3,(H,36,42);4-11,16-18H,12-15H2,1-3H3,(H,29,32)(H,31,36);6-9,12-13,15H,10-11,14H2,1-5H3,(H,28,29);2-5H,6-9,12H2,1H3;1H4;;/q;;;;;+1;-1. The van der Waals surface area contributed by atoms with Crippen molar-refractivity contribution in [1.29, 1.82) is 0 Å². The third-order valence-corrected chi connectivity index (χ3v) is 25.5. The van der Waals surface area contributed by atoms with Gasteiger partial charge in [-0.1, -0.05) is 46.7 Å². The summed E-state index contributed by atoms with van der Waals surface area (Å²) in [6.07, 6.45) is 9.95. The first-order chi connectivity index (χ1) is 59.7. The predicted molar refractivity (Wildman–Crippen MR) is 506 cm³/mol. The Kier molecular flexibility index (Phi) is 35.2. The van der Waals surface area contributed by atoms with Gasteiger partial charge in [-0.25, -0.2) is 47.9 Å². The number of amides is 2. The first-order valence-electron chi connectivity index (χ1n) is 42.8. The summed E-state index contributed by atoms with van der Waals surface area (Å²) >= 11 is 0. The summed E-state index contributed by atoms with van der Waals surface area (Å²) in [5.41, 5.74) is 18.4. The van der Waals surface area contributed by atoms with Gasteiger partial charge >= 0.3 is 57.4 Å². The number of hydrogen-bond acceptors (Lipinski definition) is 18. The number of aromatic amines is 1. The van der Waals surface area contributed by atoms with Crippen molar-refractivity contribution >= 4 is 68.1 Å². The molecule has 33 heteroatoms. The van der Waals surface area contributed by atoms with Crippen molar-refractivity contribution in [3.63, 3.8) is 0 Å². The maximum Gasteiger partial charge on any atom is 1.00 e. The van der Waals surface area contributed by atoms with Gasteiger partial charge in [0, 0.05) is 189 Å². The van der Waals surface area contributed by atoms with E-state index in [0.29, 0.717) is 70.5 Å². The van der Waals surface area contributed by atoms with Crippen LogP contribution in [-0.4, -0.2) is 224 Å². The van der Waals surface area contributed by atoms with Crippen LogP contribution in [0.4, 0.5) is 47.3 Å². The number of nitrogens with zero attached hydrogens (tertiary/aromatic N) is 17. The molecule has 0 radical (unpaired) electrons. The van der Waals surface area contributed by atoms with E-state index in [4.69, 9.17) is 25.2 Å². The molecule has 3 saturated heterocycles. The van der Waals surface area contributed by atoms with Crippen LogP contribution in [0, 0.1) is 17.5 Å². The largest absolute Gasteiger partial charge is 1.00 e. The Bertz CT molecular complexity index is 5510. The minimum atomic E-state index is -1.28. The Morgan fingerprint density at radius 1 is 0.465 bits per heavy atom. The molecule has 6 aromatic heterocycles. The van der Waals surface area contributed by atoms with Crippen molar-refractivity contribution in [3.05, 3.63) is 218 Å². The van der Waals surface area contributed by atoms with E-state index in [1.54, 1.807) is 66.1 Å². The number of halogens is 3. The van der Waals surface area contributed by atoms with E-state index in [9.17, 15) is 32.7 Å². The number of carboxylic acid groups (broad SMARTS) is 1. The van der Waals surface area contributed by atoms with Crippen molar-refractivity contribution in [2.24, 2.45) is 0 Å². The number of nitrogens with one attached hydrogen (secondary N) is 3. The molecule has 6 N–H and O–H groups in total. The first kappa shape index (κ1) is 99.0. The molecule has 3 aliphatic rings. The van der Waals surface area contributed by atoms with E-state index in [-0.39, 0.29) is 132 Å². The fourth-order valence-electron chi connectivity index (χ4n) is 14.4. The maximum absolute atomic E-state index is 13.8. The summed E-state index contributed by atoms with van der Waals surface area (Å²) in [5, 5.41) is 15.5. The minimum Gasteiger partial charge on any atom is -1.00 e.